The summed E-state index contributed by atoms with van der Waals surface area (Å²) in [5.74, 6) is 0. The topological polar surface area (TPSA) is 57.0 Å². The zero-order chi connectivity index (χ0) is 9.68. The van der Waals surface area contributed by atoms with Gasteiger partial charge in [-0.15, -0.1) is 5.10 Å². The Bertz CT molecular complexity index is 270. The second-order valence-corrected chi connectivity index (χ2v) is 2.94. The molecule has 0 aliphatic heterocycles. The molecule has 13 heavy (non-hydrogen) atoms. The molecule has 0 fully saturated rings. The van der Waals surface area contributed by atoms with Crippen LogP contribution < -0.4 is 0 Å². The zero-order valence-corrected chi connectivity index (χ0v) is 7.80. The van der Waals surface area contributed by atoms with Gasteiger partial charge in [0, 0.05) is 0 Å². The minimum absolute atomic E-state index is 0.217. The number of carbonyl (C=O) groups is 1. The third-order valence-electron chi connectivity index (χ3n) is 1.45. The van der Waals surface area contributed by atoms with E-state index in [1.54, 1.807) is 10.9 Å². The third-order valence-corrected chi connectivity index (χ3v) is 1.45. The fourth-order valence-corrected chi connectivity index (χ4v) is 0.859. The fourth-order valence-electron chi connectivity index (χ4n) is 0.859. The lowest BCUT2D eigenvalue weighted by Gasteiger charge is -2.05. The molecule has 0 saturated carbocycles. The number of rotatable bonds is 5. The lowest BCUT2D eigenvalue weighted by atomic mass is 10.5. The first-order chi connectivity index (χ1) is 6.22. The Morgan fingerprint density at radius 1 is 1.69 bits per heavy atom. The molecule has 1 rings (SSSR count). The molecule has 0 spiro atoms. The van der Waals surface area contributed by atoms with Crippen LogP contribution in [0.2, 0.25) is 0 Å². The van der Waals surface area contributed by atoms with Crippen LogP contribution in [0, 0.1) is 0 Å². The van der Waals surface area contributed by atoms with Gasteiger partial charge >= 0.3 is 0 Å². The van der Waals surface area contributed by atoms with E-state index >= 15 is 0 Å². The molecule has 0 amide bonds. The Kier molecular flexibility index (Phi) is 3.57. The summed E-state index contributed by atoms with van der Waals surface area (Å²) in [6, 6.07) is 0. The molecule has 0 aliphatic rings. The highest BCUT2D eigenvalue weighted by Gasteiger charge is 1.98. The van der Waals surface area contributed by atoms with Crippen LogP contribution in [0.4, 0.5) is 0 Å². The minimum Gasteiger partial charge on any atom is -0.377 e. The molecule has 72 valence electrons. The number of hydrogen-bond acceptors (Lipinski definition) is 4. The van der Waals surface area contributed by atoms with Crippen molar-refractivity contribution in [2.45, 2.75) is 26.5 Å². The highest BCUT2D eigenvalue weighted by Crippen LogP contribution is 1.91. The summed E-state index contributed by atoms with van der Waals surface area (Å²) in [7, 11) is 0. The zero-order valence-electron chi connectivity index (χ0n) is 7.80. The Balaban J connectivity index is 2.32. The van der Waals surface area contributed by atoms with E-state index in [-0.39, 0.29) is 6.10 Å². The summed E-state index contributed by atoms with van der Waals surface area (Å²) in [5, 5.41) is 7.36. The molecule has 1 aromatic rings. The molecule has 0 aromatic carbocycles. The number of nitrogens with zero attached hydrogens (tertiary/aromatic N) is 3. The maximum atomic E-state index is 10.3. The summed E-state index contributed by atoms with van der Waals surface area (Å²) < 4.78 is 6.90. The molecule has 0 unspecified atom stereocenters. The molecule has 1 aromatic heterocycles. The molecule has 5 heteroatoms. The number of aromatic nitrogens is 3. The van der Waals surface area contributed by atoms with Crippen LogP contribution in [-0.2, 0) is 11.3 Å². The van der Waals surface area contributed by atoms with Crippen molar-refractivity contribution in [3.05, 3.63) is 11.9 Å². The first-order valence-corrected chi connectivity index (χ1v) is 4.19. The van der Waals surface area contributed by atoms with Crippen LogP contribution in [0.25, 0.3) is 0 Å². The van der Waals surface area contributed by atoms with Gasteiger partial charge in [0.05, 0.1) is 25.5 Å². The van der Waals surface area contributed by atoms with E-state index in [0.717, 1.165) is 0 Å². The van der Waals surface area contributed by atoms with Gasteiger partial charge in [-0.25, -0.2) is 4.68 Å². The van der Waals surface area contributed by atoms with Gasteiger partial charge in [-0.2, -0.15) is 0 Å². The van der Waals surface area contributed by atoms with Gasteiger partial charge in [-0.3, -0.25) is 4.79 Å². The van der Waals surface area contributed by atoms with Crippen LogP contribution >= 0.6 is 0 Å². The van der Waals surface area contributed by atoms with Gasteiger partial charge in [-0.05, 0) is 13.8 Å². The maximum Gasteiger partial charge on any atom is 0.171 e. The number of aldehydes is 1. The quantitative estimate of drug-likeness (QED) is 0.624. The average Bonchev–Trinajstić information content (AvgIpc) is 2.52. The minimum atomic E-state index is 0.217. The lowest BCUT2D eigenvalue weighted by Crippen LogP contribution is -2.10. The van der Waals surface area contributed by atoms with E-state index in [0.29, 0.717) is 25.1 Å². The van der Waals surface area contributed by atoms with Crippen molar-refractivity contribution in [2.24, 2.45) is 0 Å². The van der Waals surface area contributed by atoms with Crippen molar-refractivity contribution in [2.75, 3.05) is 6.61 Å². The van der Waals surface area contributed by atoms with Gasteiger partial charge in [-0.1, -0.05) is 5.21 Å². The predicted molar refractivity (Wildman–Crippen MR) is 46.5 cm³/mol. The molecule has 0 aliphatic carbocycles. The fraction of sp³-hybridized carbons (Fsp3) is 0.625. The summed E-state index contributed by atoms with van der Waals surface area (Å²) >= 11 is 0. The van der Waals surface area contributed by atoms with E-state index in [1.165, 1.54) is 0 Å². The first-order valence-electron chi connectivity index (χ1n) is 4.19. The van der Waals surface area contributed by atoms with Crippen molar-refractivity contribution in [3.8, 4) is 0 Å². The lowest BCUT2D eigenvalue weighted by molar-refractivity contribution is 0.0707. The SMILES string of the molecule is CC(C)OCCn1cc(C=O)nn1. The van der Waals surface area contributed by atoms with Crippen LogP contribution in [0.5, 0.6) is 0 Å². The first kappa shape index (κ1) is 9.85. The molecule has 0 atom stereocenters. The molecule has 1 heterocycles. The number of hydrogen-bond donors (Lipinski definition) is 0. The van der Waals surface area contributed by atoms with E-state index in [9.17, 15) is 4.79 Å². The summed E-state index contributed by atoms with van der Waals surface area (Å²) in [4.78, 5) is 10.3. The van der Waals surface area contributed by atoms with Crippen LogP contribution in [0.1, 0.15) is 24.3 Å². The van der Waals surface area contributed by atoms with Crippen molar-refractivity contribution in [1.29, 1.82) is 0 Å². The highest BCUT2D eigenvalue weighted by molar-refractivity contribution is 5.70. The Labute approximate surface area is 76.7 Å². The predicted octanol–water partition coefficient (Wildman–Crippen LogP) is 0.516. The second-order valence-electron chi connectivity index (χ2n) is 2.94. The standard InChI is InChI=1S/C8H13N3O2/c1-7(2)13-4-3-11-5-8(6-12)9-10-11/h5-7H,3-4H2,1-2H3. The van der Waals surface area contributed by atoms with Crippen molar-refractivity contribution in [1.82, 2.24) is 15.0 Å². The second kappa shape index (κ2) is 4.71. The number of carbonyl (C=O) groups excluding carboxylic acids is 1. The van der Waals surface area contributed by atoms with Gasteiger partial charge < -0.3 is 4.74 Å². The van der Waals surface area contributed by atoms with Gasteiger partial charge in [0.1, 0.15) is 5.69 Å². The van der Waals surface area contributed by atoms with E-state index in [2.05, 4.69) is 10.3 Å². The van der Waals surface area contributed by atoms with Crippen LogP contribution in [-0.4, -0.2) is 34.0 Å². The van der Waals surface area contributed by atoms with Gasteiger partial charge in [0.25, 0.3) is 0 Å². The third kappa shape index (κ3) is 3.33. The molecule has 0 radical (unpaired) electrons. The molecule has 0 saturated heterocycles. The smallest absolute Gasteiger partial charge is 0.171 e. The van der Waals surface area contributed by atoms with Gasteiger partial charge in [0.2, 0.25) is 0 Å². The molecular weight excluding hydrogens is 170 g/mol. The van der Waals surface area contributed by atoms with Gasteiger partial charge in [0.15, 0.2) is 6.29 Å². The molecule has 5 nitrogen and oxygen atoms in total. The largest absolute Gasteiger partial charge is 0.377 e. The number of ether oxygens (including phenoxy) is 1. The monoisotopic (exact) mass is 183 g/mol. The normalized spacial score (nSPS) is 10.7. The Morgan fingerprint density at radius 2 is 2.46 bits per heavy atom. The van der Waals surface area contributed by atoms with Crippen molar-refractivity contribution in [3.63, 3.8) is 0 Å². The van der Waals surface area contributed by atoms with Crippen molar-refractivity contribution < 1.29 is 9.53 Å². The highest BCUT2D eigenvalue weighted by atomic mass is 16.5. The average molecular weight is 183 g/mol. The molecule has 0 bridgehead atoms. The molecule has 0 N–H and O–H groups in total. The van der Waals surface area contributed by atoms with E-state index < -0.39 is 0 Å². The summed E-state index contributed by atoms with van der Waals surface area (Å²) in [6.07, 6.45) is 2.48. The summed E-state index contributed by atoms with van der Waals surface area (Å²) in [6.45, 7) is 5.15. The molecular formula is C8H13N3O2. The summed E-state index contributed by atoms with van der Waals surface area (Å²) in [5.41, 5.74) is 0.351. The van der Waals surface area contributed by atoms with Crippen LogP contribution in [0.3, 0.4) is 0 Å². The van der Waals surface area contributed by atoms with E-state index in [4.69, 9.17) is 4.74 Å². The Hall–Kier alpha value is -1.23. The van der Waals surface area contributed by atoms with E-state index in [1.807, 2.05) is 13.8 Å². The Morgan fingerprint density at radius 3 is 3.00 bits per heavy atom. The van der Waals surface area contributed by atoms with Crippen LogP contribution in [0.15, 0.2) is 6.20 Å². The maximum absolute atomic E-state index is 10.3. The van der Waals surface area contributed by atoms with Crippen molar-refractivity contribution >= 4 is 6.29 Å².